The number of carbonyl (C=O) groups is 2. The third kappa shape index (κ3) is 5.74. The third-order valence-corrected chi connectivity index (χ3v) is 5.78. The first-order valence-electron chi connectivity index (χ1n) is 10.6. The number of benzene rings is 1. The molecule has 0 unspecified atom stereocenters. The molecule has 1 heterocycles. The van der Waals surface area contributed by atoms with Crippen LogP contribution >= 0.6 is 0 Å². The molecule has 1 aliphatic rings. The smallest absolute Gasteiger partial charge is 0.415 e. The second-order valence-corrected chi connectivity index (χ2v) is 7.90. The first kappa shape index (κ1) is 23.9. The number of pyridine rings is 1. The number of urea groups is 1. The van der Waals surface area contributed by atoms with Gasteiger partial charge in [0.15, 0.2) is 6.19 Å². The highest BCUT2D eigenvalue weighted by molar-refractivity contribution is 5.91. The van der Waals surface area contributed by atoms with Gasteiger partial charge in [0, 0.05) is 18.8 Å². The summed E-state index contributed by atoms with van der Waals surface area (Å²) in [5.74, 6) is 0. The summed E-state index contributed by atoms with van der Waals surface area (Å²) in [6.07, 6.45) is 3.05. The molecule has 1 aromatic heterocycles. The van der Waals surface area contributed by atoms with Crippen molar-refractivity contribution >= 4 is 12.1 Å². The molecule has 3 amide bonds. The van der Waals surface area contributed by atoms with E-state index in [0.29, 0.717) is 30.4 Å². The van der Waals surface area contributed by atoms with Crippen molar-refractivity contribution in [2.24, 2.45) is 0 Å². The van der Waals surface area contributed by atoms with Gasteiger partial charge >= 0.3 is 12.1 Å². The van der Waals surface area contributed by atoms with E-state index < -0.39 is 35.7 Å². The second-order valence-electron chi connectivity index (χ2n) is 7.90. The van der Waals surface area contributed by atoms with E-state index in [0.717, 1.165) is 40.7 Å². The summed E-state index contributed by atoms with van der Waals surface area (Å²) in [6, 6.07) is 6.68. The molecule has 1 aliphatic carbocycles. The molecule has 1 fully saturated rings. The van der Waals surface area contributed by atoms with Crippen molar-refractivity contribution in [3.63, 3.8) is 0 Å². The number of aromatic nitrogens is 1. The van der Waals surface area contributed by atoms with E-state index in [1.54, 1.807) is 30.5 Å². The quantitative estimate of drug-likeness (QED) is 0.479. The average Bonchev–Trinajstić information content (AvgIpc) is 2.80. The van der Waals surface area contributed by atoms with Crippen LogP contribution in [0.25, 0.3) is 11.1 Å². The van der Waals surface area contributed by atoms with Crippen LogP contribution in [0.2, 0.25) is 0 Å². The van der Waals surface area contributed by atoms with E-state index in [1.165, 1.54) is 6.20 Å². The predicted octanol–water partition coefficient (Wildman–Crippen LogP) is 4.74. The number of halogens is 2. The van der Waals surface area contributed by atoms with Gasteiger partial charge in [0.25, 0.3) is 12.0 Å². The molecule has 174 valence electrons. The zero-order valence-corrected chi connectivity index (χ0v) is 17.8. The summed E-state index contributed by atoms with van der Waals surface area (Å²) in [4.78, 5) is 39.8. The van der Waals surface area contributed by atoms with Crippen LogP contribution in [-0.2, 0) is 6.42 Å². The molecule has 0 bridgehead atoms. The standard InChI is InChI=1S/C23H24F2N4O4/c24-20(25)19-12-17(13-27-21(19)30)16-8-6-15(7-9-16)10-11-28(14-26)22(31)29(23(32)33)18-4-2-1-3-5-18/h6-9,12-13,18,20H,1-5,10-11H2,(H,27,30)(H,32,33). The summed E-state index contributed by atoms with van der Waals surface area (Å²) in [6.45, 7) is -0.000628. The summed E-state index contributed by atoms with van der Waals surface area (Å²) in [5, 5.41) is 19.0. The van der Waals surface area contributed by atoms with Crippen LogP contribution in [-0.4, -0.2) is 44.6 Å². The summed E-state index contributed by atoms with van der Waals surface area (Å²) < 4.78 is 25.9. The van der Waals surface area contributed by atoms with Gasteiger partial charge in [0.05, 0.1) is 5.56 Å². The molecule has 0 atom stereocenters. The molecule has 2 aromatic rings. The van der Waals surface area contributed by atoms with E-state index in [9.17, 15) is 33.5 Å². The van der Waals surface area contributed by atoms with Gasteiger partial charge in [-0.2, -0.15) is 5.26 Å². The third-order valence-electron chi connectivity index (χ3n) is 5.78. The van der Waals surface area contributed by atoms with Gasteiger partial charge < -0.3 is 10.1 Å². The van der Waals surface area contributed by atoms with Gasteiger partial charge in [-0.1, -0.05) is 43.5 Å². The number of nitriles is 1. The van der Waals surface area contributed by atoms with Crippen molar-refractivity contribution in [1.29, 1.82) is 5.26 Å². The molecule has 33 heavy (non-hydrogen) atoms. The van der Waals surface area contributed by atoms with Crippen LogP contribution in [0.1, 0.15) is 49.7 Å². The fourth-order valence-electron chi connectivity index (χ4n) is 3.99. The Bertz CT molecular complexity index is 1090. The zero-order valence-electron chi connectivity index (χ0n) is 17.8. The number of hydrogen-bond acceptors (Lipinski definition) is 4. The average molecular weight is 458 g/mol. The number of carbonyl (C=O) groups excluding carboxylic acids is 1. The monoisotopic (exact) mass is 458 g/mol. The molecule has 1 aromatic carbocycles. The number of hydrogen-bond donors (Lipinski definition) is 2. The highest BCUT2D eigenvalue weighted by atomic mass is 19.3. The Hall–Kier alpha value is -3.74. The minimum absolute atomic E-state index is 0.000628. The van der Waals surface area contributed by atoms with Crippen LogP contribution in [0.5, 0.6) is 0 Å². The predicted molar refractivity (Wildman–Crippen MR) is 116 cm³/mol. The lowest BCUT2D eigenvalue weighted by molar-refractivity contribution is 0.110. The van der Waals surface area contributed by atoms with Gasteiger partial charge in [-0.3, -0.25) is 4.79 Å². The Morgan fingerprint density at radius 3 is 2.39 bits per heavy atom. The summed E-state index contributed by atoms with van der Waals surface area (Å²) in [5.41, 5.74) is 0.357. The number of H-pyrrole nitrogens is 1. The van der Waals surface area contributed by atoms with Crippen LogP contribution in [0, 0.1) is 11.5 Å². The van der Waals surface area contributed by atoms with E-state index in [-0.39, 0.29) is 6.54 Å². The van der Waals surface area contributed by atoms with E-state index in [1.807, 2.05) is 0 Å². The van der Waals surface area contributed by atoms with Gasteiger partial charge in [0.2, 0.25) is 0 Å². The minimum Gasteiger partial charge on any atom is -0.465 e. The number of nitrogens with one attached hydrogen (secondary N) is 1. The normalized spacial score (nSPS) is 14.0. The lowest BCUT2D eigenvalue weighted by Gasteiger charge is -2.32. The first-order valence-corrected chi connectivity index (χ1v) is 10.6. The minimum atomic E-state index is -2.89. The summed E-state index contributed by atoms with van der Waals surface area (Å²) >= 11 is 0. The highest BCUT2D eigenvalue weighted by Crippen LogP contribution is 2.25. The van der Waals surface area contributed by atoms with Crippen molar-refractivity contribution in [3.8, 4) is 17.3 Å². The molecule has 1 saturated carbocycles. The molecule has 0 spiro atoms. The summed E-state index contributed by atoms with van der Waals surface area (Å²) in [7, 11) is 0. The lowest BCUT2D eigenvalue weighted by Crippen LogP contribution is -2.50. The molecule has 0 radical (unpaired) electrons. The number of rotatable bonds is 6. The van der Waals surface area contributed by atoms with Crippen LogP contribution in [0.15, 0.2) is 41.3 Å². The van der Waals surface area contributed by atoms with Gasteiger partial charge in [-0.15, -0.1) is 0 Å². The number of amides is 3. The number of carboxylic acid groups (broad SMARTS) is 1. The van der Waals surface area contributed by atoms with Crippen LogP contribution < -0.4 is 5.56 Å². The van der Waals surface area contributed by atoms with Crippen molar-refractivity contribution < 1.29 is 23.5 Å². The fourth-order valence-corrected chi connectivity index (χ4v) is 3.99. The number of nitrogens with zero attached hydrogens (tertiary/aromatic N) is 3. The Kier molecular flexibility index (Phi) is 7.77. The molecular weight excluding hydrogens is 434 g/mol. The SMILES string of the molecule is N#CN(CCc1ccc(-c2c[nH]c(=O)c(C(F)F)c2)cc1)C(=O)N(C(=O)O)C1CCCCC1. The van der Waals surface area contributed by atoms with Crippen LogP contribution in [0.4, 0.5) is 18.4 Å². The maximum atomic E-state index is 13.0. The Morgan fingerprint density at radius 2 is 1.82 bits per heavy atom. The Labute approximate surface area is 189 Å². The van der Waals surface area contributed by atoms with Gasteiger partial charge in [-0.25, -0.2) is 28.2 Å². The topological polar surface area (TPSA) is 118 Å². The maximum Gasteiger partial charge on any atom is 0.415 e. The maximum absolute atomic E-state index is 13.0. The van der Waals surface area contributed by atoms with Gasteiger partial charge in [0.1, 0.15) is 0 Å². The van der Waals surface area contributed by atoms with Crippen LogP contribution in [0.3, 0.4) is 0 Å². The van der Waals surface area contributed by atoms with E-state index in [4.69, 9.17) is 0 Å². The molecule has 0 aliphatic heterocycles. The van der Waals surface area contributed by atoms with E-state index >= 15 is 0 Å². The van der Waals surface area contributed by atoms with E-state index in [2.05, 4.69) is 4.98 Å². The first-order chi connectivity index (χ1) is 15.8. The number of imide groups is 1. The molecule has 10 heteroatoms. The highest BCUT2D eigenvalue weighted by Gasteiger charge is 2.33. The molecule has 0 saturated heterocycles. The Balaban J connectivity index is 1.67. The van der Waals surface area contributed by atoms with Crippen molar-refractivity contribution in [3.05, 3.63) is 58.0 Å². The van der Waals surface area contributed by atoms with Crippen molar-refractivity contribution in [2.75, 3.05) is 6.54 Å². The number of aromatic amines is 1. The molecular formula is C23H24F2N4O4. The molecule has 3 rings (SSSR count). The number of alkyl halides is 2. The molecule has 8 nitrogen and oxygen atoms in total. The van der Waals surface area contributed by atoms with Gasteiger partial charge in [-0.05, 0) is 42.0 Å². The molecule has 2 N–H and O–H groups in total. The van der Waals surface area contributed by atoms with Crippen molar-refractivity contribution in [1.82, 2.24) is 14.8 Å². The zero-order chi connectivity index (χ0) is 24.0. The second kappa shape index (κ2) is 10.7. The van der Waals surface area contributed by atoms with Crippen molar-refractivity contribution in [2.45, 2.75) is 51.0 Å². The fraction of sp³-hybridized carbons (Fsp3) is 0.391. The largest absolute Gasteiger partial charge is 0.465 e. The Morgan fingerprint density at radius 1 is 1.15 bits per heavy atom. The lowest BCUT2D eigenvalue weighted by atomic mass is 9.94.